The SMILES string of the molecule is CCCC(O)Cc1nc2ccccc2s1. The lowest BCUT2D eigenvalue weighted by atomic mass is 10.1. The zero-order chi connectivity index (χ0) is 10.7. The average molecular weight is 221 g/mol. The Balaban J connectivity index is 2.15. The van der Waals surface area contributed by atoms with Crippen molar-refractivity contribution in [2.45, 2.75) is 32.3 Å². The van der Waals surface area contributed by atoms with Crippen LogP contribution in [0.1, 0.15) is 24.8 Å². The van der Waals surface area contributed by atoms with Gasteiger partial charge in [-0.2, -0.15) is 0 Å². The maximum Gasteiger partial charge on any atom is 0.0964 e. The Morgan fingerprint density at radius 1 is 1.40 bits per heavy atom. The van der Waals surface area contributed by atoms with Crippen LogP contribution in [0.3, 0.4) is 0 Å². The van der Waals surface area contributed by atoms with Crippen LogP contribution in [0.5, 0.6) is 0 Å². The molecular formula is C12H15NOS. The van der Waals surface area contributed by atoms with E-state index in [9.17, 15) is 5.11 Å². The van der Waals surface area contributed by atoms with Crippen LogP contribution in [0.25, 0.3) is 10.2 Å². The first kappa shape index (κ1) is 10.6. The summed E-state index contributed by atoms with van der Waals surface area (Å²) in [6.07, 6.45) is 2.32. The number of para-hydroxylation sites is 1. The number of hydrogen-bond acceptors (Lipinski definition) is 3. The normalized spacial score (nSPS) is 13.2. The number of benzene rings is 1. The summed E-state index contributed by atoms with van der Waals surface area (Å²) in [4.78, 5) is 4.49. The molecule has 1 atom stereocenters. The maximum atomic E-state index is 9.69. The highest BCUT2D eigenvalue weighted by molar-refractivity contribution is 7.18. The Labute approximate surface area is 93.6 Å². The van der Waals surface area contributed by atoms with Crippen LogP contribution in [0.2, 0.25) is 0 Å². The lowest BCUT2D eigenvalue weighted by Gasteiger charge is -2.05. The topological polar surface area (TPSA) is 33.1 Å². The summed E-state index contributed by atoms with van der Waals surface area (Å²) in [6.45, 7) is 2.08. The van der Waals surface area contributed by atoms with Gasteiger partial charge in [0.15, 0.2) is 0 Å². The van der Waals surface area contributed by atoms with Gasteiger partial charge >= 0.3 is 0 Å². The Morgan fingerprint density at radius 2 is 2.20 bits per heavy atom. The third-order valence-electron chi connectivity index (χ3n) is 2.37. The van der Waals surface area contributed by atoms with E-state index in [0.717, 1.165) is 23.4 Å². The molecule has 0 saturated carbocycles. The van der Waals surface area contributed by atoms with Crippen molar-refractivity contribution in [2.75, 3.05) is 0 Å². The van der Waals surface area contributed by atoms with Crippen molar-refractivity contribution in [1.29, 1.82) is 0 Å². The maximum absolute atomic E-state index is 9.69. The molecule has 0 aliphatic carbocycles. The molecular weight excluding hydrogens is 206 g/mol. The van der Waals surface area contributed by atoms with Gasteiger partial charge in [0, 0.05) is 6.42 Å². The number of thiazole rings is 1. The second-order valence-corrected chi connectivity index (χ2v) is 4.84. The summed E-state index contributed by atoms with van der Waals surface area (Å²) in [7, 11) is 0. The van der Waals surface area contributed by atoms with E-state index >= 15 is 0 Å². The molecule has 80 valence electrons. The predicted molar refractivity (Wildman–Crippen MR) is 64.2 cm³/mol. The van der Waals surface area contributed by atoms with Gasteiger partial charge in [-0.1, -0.05) is 25.5 Å². The molecule has 15 heavy (non-hydrogen) atoms. The van der Waals surface area contributed by atoms with Crippen molar-refractivity contribution >= 4 is 21.6 Å². The number of aliphatic hydroxyl groups is 1. The van der Waals surface area contributed by atoms with Crippen molar-refractivity contribution in [1.82, 2.24) is 4.98 Å². The second-order valence-electron chi connectivity index (χ2n) is 3.72. The summed E-state index contributed by atoms with van der Waals surface area (Å²) >= 11 is 1.68. The van der Waals surface area contributed by atoms with Gasteiger partial charge in [-0.3, -0.25) is 0 Å². The molecule has 1 N–H and O–H groups in total. The van der Waals surface area contributed by atoms with Crippen molar-refractivity contribution in [3.8, 4) is 0 Å². The van der Waals surface area contributed by atoms with Crippen LogP contribution in [0, 0.1) is 0 Å². The number of aliphatic hydroxyl groups excluding tert-OH is 1. The molecule has 1 aromatic heterocycles. The number of fused-ring (bicyclic) bond motifs is 1. The van der Waals surface area contributed by atoms with Crippen LogP contribution < -0.4 is 0 Å². The standard InChI is InChI=1S/C12H15NOS/c1-2-5-9(14)8-12-13-10-6-3-4-7-11(10)15-12/h3-4,6-7,9,14H,2,5,8H2,1H3. The summed E-state index contributed by atoms with van der Waals surface area (Å²) in [6, 6.07) is 8.10. The lowest BCUT2D eigenvalue weighted by Crippen LogP contribution is -2.09. The van der Waals surface area contributed by atoms with Gasteiger partial charge in [-0.15, -0.1) is 11.3 Å². The minimum absolute atomic E-state index is 0.240. The molecule has 0 saturated heterocycles. The van der Waals surface area contributed by atoms with E-state index in [2.05, 4.69) is 18.0 Å². The summed E-state index contributed by atoms with van der Waals surface area (Å²) in [5.41, 5.74) is 1.04. The van der Waals surface area contributed by atoms with Crippen LogP contribution in [0.15, 0.2) is 24.3 Å². The monoisotopic (exact) mass is 221 g/mol. The number of hydrogen-bond donors (Lipinski definition) is 1. The molecule has 1 aromatic carbocycles. The van der Waals surface area contributed by atoms with Gasteiger partial charge < -0.3 is 5.11 Å². The van der Waals surface area contributed by atoms with Gasteiger partial charge in [0.25, 0.3) is 0 Å². The van der Waals surface area contributed by atoms with E-state index in [0.29, 0.717) is 6.42 Å². The summed E-state index contributed by atoms with van der Waals surface area (Å²) < 4.78 is 1.20. The first-order valence-corrected chi connectivity index (χ1v) is 6.13. The first-order valence-electron chi connectivity index (χ1n) is 5.32. The molecule has 1 unspecified atom stereocenters. The zero-order valence-electron chi connectivity index (χ0n) is 8.81. The molecule has 0 fully saturated rings. The molecule has 1 heterocycles. The fraction of sp³-hybridized carbons (Fsp3) is 0.417. The van der Waals surface area contributed by atoms with E-state index in [4.69, 9.17) is 0 Å². The first-order chi connectivity index (χ1) is 7.29. The Morgan fingerprint density at radius 3 is 2.93 bits per heavy atom. The summed E-state index contributed by atoms with van der Waals surface area (Å²) in [5.74, 6) is 0. The third kappa shape index (κ3) is 2.55. The number of rotatable bonds is 4. The molecule has 3 heteroatoms. The lowest BCUT2D eigenvalue weighted by molar-refractivity contribution is 0.164. The smallest absolute Gasteiger partial charge is 0.0964 e. The van der Waals surface area contributed by atoms with Gasteiger partial charge in [0.1, 0.15) is 0 Å². The van der Waals surface area contributed by atoms with Gasteiger partial charge in [-0.25, -0.2) is 4.98 Å². The molecule has 0 aliphatic rings. The Kier molecular flexibility index (Phi) is 3.34. The summed E-state index contributed by atoms with van der Waals surface area (Å²) in [5, 5.41) is 10.7. The van der Waals surface area contributed by atoms with Gasteiger partial charge in [0.05, 0.1) is 21.3 Å². The molecule has 0 amide bonds. The molecule has 2 nitrogen and oxygen atoms in total. The highest BCUT2D eigenvalue weighted by Gasteiger charge is 2.08. The van der Waals surface area contributed by atoms with E-state index in [1.165, 1.54) is 4.70 Å². The molecule has 0 aliphatic heterocycles. The van der Waals surface area contributed by atoms with Crippen molar-refractivity contribution in [3.63, 3.8) is 0 Å². The van der Waals surface area contributed by atoms with Crippen LogP contribution >= 0.6 is 11.3 Å². The zero-order valence-corrected chi connectivity index (χ0v) is 9.63. The van der Waals surface area contributed by atoms with Crippen LogP contribution in [0.4, 0.5) is 0 Å². The molecule has 2 rings (SSSR count). The minimum atomic E-state index is -0.240. The van der Waals surface area contributed by atoms with Crippen molar-refractivity contribution in [3.05, 3.63) is 29.3 Å². The van der Waals surface area contributed by atoms with Crippen LogP contribution in [-0.4, -0.2) is 16.2 Å². The number of nitrogens with zero attached hydrogens (tertiary/aromatic N) is 1. The Hall–Kier alpha value is -0.930. The minimum Gasteiger partial charge on any atom is -0.393 e. The molecule has 2 aromatic rings. The molecule has 0 spiro atoms. The average Bonchev–Trinajstić information content (AvgIpc) is 2.59. The van der Waals surface area contributed by atoms with E-state index in [1.807, 2.05) is 18.2 Å². The largest absolute Gasteiger partial charge is 0.393 e. The quantitative estimate of drug-likeness (QED) is 0.861. The fourth-order valence-corrected chi connectivity index (χ4v) is 2.68. The van der Waals surface area contributed by atoms with Crippen molar-refractivity contribution in [2.24, 2.45) is 0 Å². The van der Waals surface area contributed by atoms with E-state index < -0.39 is 0 Å². The van der Waals surface area contributed by atoms with E-state index in [-0.39, 0.29) is 6.10 Å². The highest BCUT2D eigenvalue weighted by Crippen LogP contribution is 2.22. The van der Waals surface area contributed by atoms with Gasteiger partial charge in [0.2, 0.25) is 0 Å². The highest BCUT2D eigenvalue weighted by atomic mass is 32.1. The predicted octanol–water partition coefficient (Wildman–Crippen LogP) is 3.00. The van der Waals surface area contributed by atoms with E-state index in [1.54, 1.807) is 11.3 Å². The van der Waals surface area contributed by atoms with Crippen LogP contribution in [-0.2, 0) is 6.42 Å². The molecule has 0 radical (unpaired) electrons. The third-order valence-corrected chi connectivity index (χ3v) is 3.43. The number of aromatic nitrogens is 1. The second kappa shape index (κ2) is 4.73. The van der Waals surface area contributed by atoms with Crippen molar-refractivity contribution < 1.29 is 5.11 Å². The fourth-order valence-electron chi connectivity index (χ4n) is 1.64. The Bertz CT molecular complexity index is 405. The van der Waals surface area contributed by atoms with Gasteiger partial charge in [-0.05, 0) is 18.6 Å². The molecule has 0 bridgehead atoms.